The highest BCUT2D eigenvalue weighted by Crippen LogP contribution is 2.31. The van der Waals surface area contributed by atoms with E-state index < -0.39 is 0 Å². The van der Waals surface area contributed by atoms with Crippen LogP contribution < -0.4 is 15.8 Å². The molecule has 1 N–H and O–H groups in total. The lowest BCUT2D eigenvalue weighted by atomic mass is 10.0. The Labute approximate surface area is 169 Å². The zero-order chi connectivity index (χ0) is 20.0. The molecule has 8 heteroatoms. The van der Waals surface area contributed by atoms with Gasteiger partial charge >= 0.3 is 0 Å². The lowest BCUT2D eigenvalue weighted by molar-refractivity contribution is 0.356. The quantitative estimate of drug-likeness (QED) is 0.860. The van der Waals surface area contributed by atoms with E-state index in [0.29, 0.717) is 24.5 Å². The number of hydrogen-bond acceptors (Lipinski definition) is 6. The first-order chi connectivity index (χ1) is 14.1. The fourth-order valence-electron chi connectivity index (χ4n) is 4.19. The van der Waals surface area contributed by atoms with Gasteiger partial charge in [0.1, 0.15) is 17.4 Å². The maximum absolute atomic E-state index is 14.4. The summed E-state index contributed by atoms with van der Waals surface area (Å²) in [7, 11) is 4.12. The zero-order valence-electron chi connectivity index (χ0n) is 16.8. The average Bonchev–Trinajstić information content (AvgIpc) is 3.34. The molecule has 3 aliphatic heterocycles. The number of benzene rings is 1. The molecule has 152 valence electrons. The van der Waals surface area contributed by atoms with Crippen molar-refractivity contribution in [3.05, 3.63) is 52.5 Å². The van der Waals surface area contributed by atoms with Gasteiger partial charge in [-0.05, 0) is 31.2 Å². The van der Waals surface area contributed by atoms with Crippen LogP contribution in [-0.2, 0) is 19.6 Å². The molecule has 0 atom stereocenters. The van der Waals surface area contributed by atoms with Crippen molar-refractivity contribution >= 4 is 11.4 Å². The summed E-state index contributed by atoms with van der Waals surface area (Å²) in [6.07, 6.45) is 5.88. The highest BCUT2D eigenvalue weighted by atomic mass is 19.1. The van der Waals surface area contributed by atoms with Gasteiger partial charge in [-0.15, -0.1) is 0 Å². The van der Waals surface area contributed by atoms with Crippen LogP contribution in [-0.4, -0.2) is 53.3 Å². The molecular formula is C21H25FN6O. The zero-order valence-corrected chi connectivity index (χ0v) is 16.8. The Balaban J connectivity index is 1.53. The number of nitrogens with zero attached hydrogens (tertiary/aromatic N) is 5. The van der Waals surface area contributed by atoms with Gasteiger partial charge in [0.05, 0.1) is 19.8 Å². The Morgan fingerprint density at radius 1 is 1.28 bits per heavy atom. The van der Waals surface area contributed by atoms with Crippen molar-refractivity contribution in [2.45, 2.75) is 26.1 Å². The second-order valence-electron chi connectivity index (χ2n) is 7.86. The molecule has 0 radical (unpaired) electrons. The minimum Gasteiger partial charge on any atom is -0.493 e. The monoisotopic (exact) mass is 396 g/mol. The molecular weight excluding hydrogens is 371 g/mol. The van der Waals surface area contributed by atoms with Gasteiger partial charge in [-0.2, -0.15) is 0 Å². The molecule has 4 heterocycles. The van der Waals surface area contributed by atoms with Gasteiger partial charge in [0.2, 0.25) is 5.62 Å². The van der Waals surface area contributed by atoms with Gasteiger partial charge in [-0.25, -0.2) is 19.4 Å². The van der Waals surface area contributed by atoms with Crippen molar-refractivity contribution in [3.8, 4) is 5.75 Å². The summed E-state index contributed by atoms with van der Waals surface area (Å²) in [5, 5.41) is 2.00. The molecule has 0 saturated carbocycles. The van der Waals surface area contributed by atoms with Crippen LogP contribution in [0.25, 0.3) is 5.57 Å². The first-order valence-electron chi connectivity index (χ1n) is 9.99. The molecule has 29 heavy (non-hydrogen) atoms. The van der Waals surface area contributed by atoms with E-state index in [0.717, 1.165) is 48.6 Å². The summed E-state index contributed by atoms with van der Waals surface area (Å²) in [6.45, 7) is 3.47. The van der Waals surface area contributed by atoms with Crippen molar-refractivity contribution in [2.75, 3.05) is 39.2 Å². The second-order valence-corrected chi connectivity index (χ2v) is 7.86. The molecule has 0 unspecified atom stereocenters. The molecule has 7 nitrogen and oxygen atoms in total. The molecule has 3 aliphatic rings. The van der Waals surface area contributed by atoms with Crippen LogP contribution in [0.15, 0.2) is 29.4 Å². The molecule has 2 aromatic rings. The number of rotatable bonds is 3. The standard InChI is InChI=1S/C21H25FN6O/c1-26-8-5-14(6-9-26)16-11-23-21(28-13-27(2)25-20(16)28)24-12-17-15-7-10-29-19(15)4-3-18(17)22/h3-5,11,25H,6-10,12-13H2,1-2H3. The van der Waals surface area contributed by atoms with Crippen LogP contribution in [0.3, 0.4) is 0 Å². The van der Waals surface area contributed by atoms with Gasteiger partial charge in [0.15, 0.2) is 0 Å². The van der Waals surface area contributed by atoms with Crippen LogP contribution in [0.4, 0.5) is 10.2 Å². The van der Waals surface area contributed by atoms with E-state index in [1.165, 1.54) is 11.6 Å². The molecule has 5 rings (SSSR count). The summed E-state index contributed by atoms with van der Waals surface area (Å²) in [5.74, 6) is 1.54. The predicted octanol–water partition coefficient (Wildman–Crippen LogP) is 2.01. The number of hydrazine groups is 1. The molecule has 0 bridgehead atoms. The van der Waals surface area contributed by atoms with Crippen LogP contribution in [0.1, 0.15) is 23.1 Å². The van der Waals surface area contributed by atoms with Crippen molar-refractivity contribution in [1.29, 1.82) is 0 Å². The molecule has 1 aromatic heterocycles. The van der Waals surface area contributed by atoms with Crippen LogP contribution in [0.2, 0.25) is 0 Å². The number of fused-ring (bicyclic) bond motifs is 2. The summed E-state index contributed by atoms with van der Waals surface area (Å²) < 4.78 is 22.1. The Hall–Kier alpha value is -2.71. The van der Waals surface area contributed by atoms with E-state index >= 15 is 0 Å². The third-order valence-electron chi connectivity index (χ3n) is 5.80. The Kier molecular flexibility index (Phi) is 4.60. The van der Waals surface area contributed by atoms with Crippen LogP contribution >= 0.6 is 0 Å². The maximum atomic E-state index is 14.4. The van der Waals surface area contributed by atoms with Crippen molar-refractivity contribution in [2.24, 2.45) is 4.99 Å². The third-order valence-corrected chi connectivity index (χ3v) is 5.80. The van der Waals surface area contributed by atoms with Crippen LogP contribution in [0, 0.1) is 5.82 Å². The smallest absolute Gasteiger partial charge is 0.227 e. The Morgan fingerprint density at radius 2 is 2.17 bits per heavy atom. The summed E-state index contributed by atoms with van der Waals surface area (Å²) >= 11 is 0. The highest BCUT2D eigenvalue weighted by molar-refractivity contribution is 5.74. The third kappa shape index (κ3) is 3.32. The first-order valence-corrected chi connectivity index (χ1v) is 9.99. The maximum Gasteiger partial charge on any atom is 0.227 e. The van der Waals surface area contributed by atoms with Gasteiger partial charge in [0, 0.05) is 49.4 Å². The van der Waals surface area contributed by atoms with E-state index in [4.69, 9.17) is 4.74 Å². The van der Waals surface area contributed by atoms with E-state index in [1.54, 1.807) is 6.07 Å². The minimum atomic E-state index is -0.233. The topological polar surface area (TPSA) is 57.9 Å². The van der Waals surface area contributed by atoms with E-state index in [9.17, 15) is 4.39 Å². The number of halogens is 1. The summed E-state index contributed by atoms with van der Waals surface area (Å²) in [5.41, 5.74) is 7.97. The molecule has 0 amide bonds. The van der Waals surface area contributed by atoms with E-state index in [2.05, 4.69) is 38.0 Å². The minimum absolute atomic E-state index is 0.233. The van der Waals surface area contributed by atoms with E-state index in [-0.39, 0.29) is 12.4 Å². The number of nitrogens with one attached hydrogen (secondary N) is 1. The summed E-state index contributed by atoms with van der Waals surface area (Å²) in [6, 6.07) is 3.17. The molecule has 0 fully saturated rings. The van der Waals surface area contributed by atoms with Crippen molar-refractivity contribution < 1.29 is 9.13 Å². The SMILES string of the molecule is CN1CC=C(c2cnc(=NCc3c(F)ccc4c3CCO4)n3c2NN(C)C3)CC1. The Bertz CT molecular complexity index is 1060. The number of anilines is 1. The predicted molar refractivity (Wildman–Crippen MR) is 109 cm³/mol. The van der Waals surface area contributed by atoms with Crippen LogP contribution in [0.5, 0.6) is 5.75 Å². The molecule has 0 saturated heterocycles. The fourth-order valence-corrected chi connectivity index (χ4v) is 4.19. The lowest BCUT2D eigenvalue weighted by Crippen LogP contribution is -2.26. The van der Waals surface area contributed by atoms with Gasteiger partial charge in [-0.1, -0.05) is 6.08 Å². The van der Waals surface area contributed by atoms with Gasteiger partial charge in [0.25, 0.3) is 0 Å². The van der Waals surface area contributed by atoms with E-state index in [1.807, 2.05) is 18.3 Å². The second kappa shape index (κ2) is 7.27. The van der Waals surface area contributed by atoms with Crippen molar-refractivity contribution in [3.63, 3.8) is 0 Å². The molecule has 0 spiro atoms. The molecule has 1 aromatic carbocycles. The first kappa shape index (κ1) is 18.3. The number of hydrogen-bond donors (Lipinski definition) is 1. The fraction of sp³-hybridized carbons (Fsp3) is 0.429. The van der Waals surface area contributed by atoms with Crippen molar-refractivity contribution in [1.82, 2.24) is 19.5 Å². The number of ether oxygens (including phenoxy) is 1. The Morgan fingerprint density at radius 3 is 3.00 bits per heavy atom. The summed E-state index contributed by atoms with van der Waals surface area (Å²) in [4.78, 5) is 11.6. The largest absolute Gasteiger partial charge is 0.493 e. The lowest BCUT2D eigenvalue weighted by Gasteiger charge is -2.23. The number of likely N-dealkylation sites (N-methyl/N-ethyl adjacent to an activating group) is 1. The average molecular weight is 396 g/mol. The van der Waals surface area contributed by atoms with Gasteiger partial charge < -0.3 is 15.1 Å². The highest BCUT2D eigenvalue weighted by Gasteiger charge is 2.23. The normalized spacial score (nSPS) is 19.6. The molecule has 0 aliphatic carbocycles. The van der Waals surface area contributed by atoms with Gasteiger partial charge in [-0.3, -0.25) is 4.57 Å². The number of aromatic nitrogens is 2.